The number of benzene rings is 1. The molecule has 0 bridgehead atoms. The molecule has 0 aliphatic rings. The average molecular weight is 264 g/mol. The summed E-state index contributed by atoms with van der Waals surface area (Å²) in [5.74, 6) is 1.51. The molecule has 0 saturated carbocycles. The molecule has 19 heavy (non-hydrogen) atoms. The summed E-state index contributed by atoms with van der Waals surface area (Å²) in [5, 5.41) is 3.88. The highest BCUT2D eigenvalue weighted by Gasteiger charge is 2.17. The SMILES string of the molecule is COCc1noc(N)c1-c1ccc(OC)c(OC)c1. The Hall–Kier alpha value is -2.21. The van der Waals surface area contributed by atoms with Crippen LogP contribution in [-0.4, -0.2) is 26.5 Å². The zero-order valence-corrected chi connectivity index (χ0v) is 11.1. The van der Waals surface area contributed by atoms with E-state index in [2.05, 4.69) is 5.16 Å². The summed E-state index contributed by atoms with van der Waals surface area (Å²) >= 11 is 0. The number of rotatable bonds is 5. The van der Waals surface area contributed by atoms with Crippen molar-refractivity contribution in [1.82, 2.24) is 5.16 Å². The van der Waals surface area contributed by atoms with Crippen LogP contribution >= 0.6 is 0 Å². The molecular weight excluding hydrogens is 248 g/mol. The molecule has 0 amide bonds. The lowest BCUT2D eigenvalue weighted by Crippen LogP contribution is -1.95. The van der Waals surface area contributed by atoms with Crippen LogP contribution in [0.15, 0.2) is 22.7 Å². The van der Waals surface area contributed by atoms with Gasteiger partial charge in [0.25, 0.3) is 0 Å². The van der Waals surface area contributed by atoms with Gasteiger partial charge in [0.05, 0.1) is 26.4 Å². The lowest BCUT2D eigenvalue weighted by Gasteiger charge is -2.09. The van der Waals surface area contributed by atoms with Crippen LogP contribution in [0.4, 0.5) is 5.88 Å². The monoisotopic (exact) mass is 264 g/mol. The van der Waals surface area contributed by atoms with Gasteiger partial charge in [-0.15, -0.1) is 0 Å². The quantitative estimate of drug-likeness (QED) is 0.890. The van der Waals surface area contributed by atoms with Gasteiger partial charge in [-0.3, -0.25) is 0 Å². The molecule has 0 atom stereocenters. The van der Waals surface area contributed by atoms with Crippen LogP contribution in [0.25, 0.3) is 11.1 Å². The van der Waals surface area contributed by atoms with Gasteiger partial charge in [0, 0.05) is 7.11 Å². The van der Waals surface area contributed by atoms with Crippen LogP contribution in [0, 0.1) is 0 Å². The molecule has 0 unspecified atom stereocenters. The second kappa shape index (κ2) is 5.62. The maximum Gasteiger partial charge on any atom is 0.230 e. The molecule has 0 saturated heterocycles. The number of nitrogen functional groups attached to an aromatic ring is 1. The topological polar surface area (TPSA) is 79.7 Å². The van der Waals surface area contributed by atoms with Crippen molar-refractivity contribution >= 4 is 5.88 Å². The lowest BCUT2D eigenvalue weighted by atomic mass is 10.1. The highest BCUT2D eigenvalue weighted by atomic mass is 16.5. The van der Waals surface area contributed by atoms with Crippen LogP contribution in [0.3, 0.4) is 0 Å². The molecule has 0 aliphatic heterocycles. The van der Waals surface area contributed by atoms with Gasteiger partial charge >= 0.3 is 0 Å². The first kappa shape index (κ1) is 13.2. The van der Waals surface area contributed by atoms with Gasteiger partial charge in [-0.25, -0.2) is 0 Å². The summed E-state index contributed by atoms with van der Waals surface area (Å²) in [5.41, 5.74) is 8.00. The fraction of sp³-hybridized carbons (Fsp3) is 0.308. The summed E-state index contributed by atoms with van der Waals surface area (Å²) < 4.78 is 20.5. The van der Waals surface area contributed by atoms with E-state index in [1.807, 2.05) is 12.1 Å². The molecule has 1 aromatic heterocycles. The largest absolute Gasteiger partial charge is 0.493 e. The van der Waals surface area contributed by atoms with E-state index < -0.39 is 0 Å². The van der Waals surface area contributed by atoms with Crippen LogP contribution in [0.2, 0.25) is 0 Å². The third kappa shape index (κ3) is 2.48. The number of hydrogen-bond acceptors (Lipinski definition) is 6. The average Bonchev–Trinajstić information content (AvgIpc) is 2.79. The lowest BCUT2D eigenvalue weighted by molar-refractivity contribution is 0.178. The fourth-order valence-corrected chi connectivity index (χ4v) is 1.87. The second-order valence-corrected chi connectivity index (χ2v) is 3.87. The number of nitrogens with two attached hydrogens (primary N) is 1. The Bertz CT molecular complexity index is 566. The van der Waals surface area contributed by atoms with E-state index in [-0.39, 0.29) is 5.88 Å². The molecule has 2 N–H and O–H groups in total. The standard InChI is InChI=1S/C13H16N2O4/c1-16-7-9-12(13(14)19-15-9)8-4-5-10(17-2)11(6-8)18-3/h4-6H,7,14H2,1-3H3. The van der Waals surface area contributed by atoms with E-state index >= 15 is 0 Å². The molecule has 6 heteroatoms. The van der Waals surface area contributed by atoms with Crippen molar-refractivity contribution in [3.05, 3.63) is 23.9 Å². The molecule has 0 fully saturated rings. The van der Waals surface area contributed by atoms with Crippen molar-refractivity contribution in [2.45, 2.75) is 6.61 Å². The third-order valence-electron chi connectivity index (χ3n) is 2.74. The van der Waals surface area contributed by atoms with Gasteiger partial charge in [0.15, 0.2) is 11.5 Å². The molecule has 6 nitrogen and oxygen atoms in total. The maximum atomic E-state index is 5.81. The van der Waals surface area contributed by atoms with Crippen molar-refractivity contribution in [2.75, 3.05) is 27.1 Å². The molecule has 2 aromatic rings. The molecule has 0 aliphatic carbocycles. The van der Waals surface area contributed by atoms with E-state index in [1.54, 1.807) is 27.4 Å². The van der Waals surface area contributed by atoms with E-state index in [0.29, 0.717) is 29.4 Å². The molecular formula is C13H16N2O4. The fourth-order valence-electron chi connectivity index (χ4n) is 1.87. The summed E-state index contributed by atoms with van der Waals surface area (Å²) in [7, 11) is 4.75. The smallest absolute Gasteiger partial charge is 0.230 e. The minimum atomic E-state index is 0.249. The highest BCUT2D eigenvalue weighted by Crippen LogP contribution is 2.36. The van der Waals surface area contributed by atoms with Gasteiger partial charge < -0.3 is 24.5 Å². The summed E-state index contributed by atoms with van der Waals surface area (Å²) in [6.45, 7) is 0.324. The number of nitrogens with zero attached hydrogens (tertiary/aromatic N) is 1. The normalized spacial score (nSPS) is 10.5. The molecule has 1 heterocycles. The molecule has 0 spiro atoms. The van der Waals surface area contributed by atoms with Gasteiger partial charge in [0.1, 0.15) is 5.69 Å². The van der Waals surface area contributed by atoms with E-state index in [0.717, 1.165) is 5.56 Å². The Morgan fingerprint density at radius 2 is 1.89 bits per heavy atom. The maximum absolute atomic E-state index is 5.81. The van der Waals surface area contributed by atoms with E-state index in [4.69, 9.17) is 24.5 Å². The van der Waals surface area contributed by atoms with Crippen molar-refractivity contribution in [2.24, 2.45) is 0 Å². The summed E-state index contributed by atoms with van der Waals surface area (Å²) in [4.78, 5) is 0. The summed E-state index contributed by atoms with van der Waals surface area (Å²) in [6.07, 6.45) is 0. The number of ether oxygens (including phenoxy) is 3. The Labute approximate surface area is 111 Å². The van der Waals surface area contributed by atoms with Gasteiger partial charge in [-0.05, 0) is 17.7 Å². The zero-order chi connectivity index (χ0) is 13.8. The number of methoxy groups -OCH3 is 3. The van der Waals surface area contributed by atoms with Gasteiger partial charge in [-0.2, -0.15) is 0 Å². The van der Waals surface area contributed by atoms with Crippen LogP contribution in [0.5, 0.6) is 11.5 Å². The van der Waals surface area contributed by atoms with Crippen molar-refractivity contribution in [3.8, 4) is 22.6 Å². The first-order valence-electron chi connectivity index (χ1n) is 5.66. The van der Waals surface area contributed by atoms with E-state index in [9.17, 15) is 0 Å². The van der Waals surface area contributed by atoms with Crippen LogP contribution in [0.1, 0.15) is 5.69 Å². The Morgan fingerprint density at radius 1 is 1.16 bits per heavy atom. The highest BCUT2D eigenvalue weighted by molar-refractivity contribution is 5.76. The Morgan fingerprint density at radius 3 is 2.53 bits per heavy atom. The number of hydrogen-bond donors (Lipinski definition) is 1. The minimum Gasteiger partial charge on any atom is -0.493 e. The van der Waals surface area contributed by atoms with Gasteiger partial charge in [-0.1, -0.05) is 11.2 Å². The van der Waals surface area contributed by atoms with Crippen molar-refractivity contribution in [1.29, 1.82) is 0 Å². The predicted molar refractivity (Wildman–Crippen MR) is 70.2 cm³/mol. The molecule has 102 valence electrons. The number of aromatic nitrogens is 1. The molecule has 0 radical (unpaired) electrons. The first-order chi connectivity index (χ1) is 9.21. The number of anilines is 1. The second-order valence-electron chi connectivity index (χ2n) is 3.87. The third-order valence-corrected chi connectivity index (χ3v) is 2.74. The first-order valence-corrected chi connectivity index (χ1v) is 5.66. The Kier molecular flexibility index (Phi) is 3.91. The summed E-state index contributed by atoms with van der Waals surface area (Å²) in [6, 6.07) is 5.49. The minimum absolute atomic E-state index is 0.249. The predicted octanol–water partition coefficient (Wildman–Crippen LogP) is 2.09. The van der Waals surface area contributed by atoms with Crippen LogP contribution < -0.4 is 15.2 Å². The van der Waals surface area contributed by atoms with Crippen molar-refractivity contribution in [3.63, 3.8) is 0 Å². The van der Waals surface area contributed by atoms with Crippen molar-refractivity contribution < 1.29 is 18.7 Å². The molecule has 1 aromatic carbocycles. The molecule has 2 rings (SSSR count). The van der Waals surface area contributed by atoms with Crippen LogP contribution in [-0.2, 0) is 11.3 Å². The van der Waals surface area contributed by atoms with E-state index in [1.165, 1.54) is 0 Å². The zero-order valence-electron chi connectivity index (χ0n) is 11.1. The van der Waals surface area contributed by atoms with Gasteiger partial charge in [0.2, 0.25) is 5.88 Å². The Balaban J connectivity index is 2.49.